The Kier molecular flexibility index (Phi) is 3.59. The third-order valence-corrected chi connectivity index (χ3v) is 3.76. The minimum absolute atomic E-state index is 0.0188. The summed E-state index contributed by atoms with van der Waals surface area (Å²) < 4.78 is 1.82. The zero-order valence-electron chi connectivity index (χ0n) is 12.2. The Hall–Kier alpha value is -2.39. The average molecular weight is 278 g/mol. The number of hydrogen-bond acceptors (Lipinski definition) is 2. The fraction of sp³-hybridized carbons (Fsp3) is 0.167. The first kappa shape index (κ1) is 13.6. The maximum absolute atomic E-state index is 9.61. The smallest absolute Gasteiger partial charge is 0.0982 e. The van der Waals surface area contributed by atoms with E-state index in [2.05, 4.69) is 37.1 Å². The average Bonchev–Trinajstić information content (AvgIpc) is 2.95. The van der Waals surface area contributed by atoms with Crippen LogP contribution in [0, 0.1) is 13.8 Å². The summed E-state index contributed by atoms with van der Waals surface area (Å²) >= 11 is 0. The molecule has 1 N–H and O–H groups in total. The first-order chi connectivity index (χ1) is 10.2. The maximum Gasteiger partial charge on any atom is 0.0982 e. The molecule has 0 aliphatic heterocycles. The highest BCUT2D eigenvalue weighted by molar-refractivity contribution is 5.64. The summed E-state index contributed by atoms with van der Waals surface area (Å²) in [6, 6.07) is 16.2. The number of benzene rings is 2. The summed E-state index contributed by atoms with van der Waals surface area (Å²) in [5.74, 6) is 0. The number of hydrogen-bond donors (Lipinski definition) is 1. The van der Waals surface area contributed by atoms with E-state index in [4.69, 9.17) is 0 Å². The molecule has 3 heteroatoms. The summed E-state index contributed by atoms with van der Waals surface area (Å²) in [6.07, 6.45) is 1.89. The number of aliphatic hydroxyl groups is 1. The molecule has 0 aliphatic carbocycles. The van der Waals surface area contributed by atoms with Crippen LogP contribution in [-0.2, 0) is 6.61 Å². The van der Waals surface area contributed by atoms with E-state index in [1.807, 2.05) is 41.2 Å². The molecule has 0 saturated carbocycles. The lowest BCUT2D eigenvalue weighted by Crippen LogP contribution is -1.94. The molecule has 1 aromatic heterocycles. The van der Waals surface area contributed by atoms with Crippen LogP contribution in [-0.4, -0.2) is 14.9 Å². The van der Waals surface area contributed by atoms with Crippen molar-refractivity contribution >= 4 is 0 Å². The second-order valence-electron chi connectivity index (χ2n) is 5.24. The van der Waals surface area contributed by atoms with Crippen LogP contribution in [0.2, 0.25) is 0 Å². The molecule has 3 nitrogen and oxygen atoms in total. The van der Waals surface area contributed by atoms with Crippen molar-refractivity contribution in [1.29, 1.82) is 0 Å². The van der Waals surface area contributed by atoms with Gasteiger partial charge in [-0.2, -0.15) is 5.10 Å². The van der Waals surface area contributed by atoms with Crippen molar-refractivity contribution in [2.24, 2.45) is 0 Å². The van der Waals surface area contributed by atoms with Gasteiger partial charge in [-0.25, -0.2) is 4.68 Å². The molecule has 0 saturated heterocycles. The van der Waals surface area contributed by atoms with Gasteiger partial charge >= 0.3 is 0 Å². The maximum atomic E-state index is 9.61. The summed E-state index contributed by atoms with van der Waals surface area (Å²) in [4.78, 5) is 0. The summed E-state index contributed by atoms with van der Waals surface area (Å²) in [5.41, 5.74) is 6.18. The lowest BCUT2D eigenvalue weighted by Gasteiger charge is -2.04. The van der Waals surface area contributed by atoms with Crippen LogP contribution in [0.5, 0.6) is 0 Å². The lowest BCUT2D eigenvalue weighted by atomic mass is 10.0. The van der Waals surface area contributed by atoms with Gasteiger partial charge in [0.05, 0.1) is 18.0 Å². The van der Waals surface area contributed by atoms with Gasteiger partial charge in [-0.1, -0.05) is 30.3 Å². The quantitative estimate of drug-likeness (QED) is 0.794. The van der Waals surface area contributed by atoms with Crippen LogP contribution in [0.15, 0.2) is 54.7 Å². The lowest BCUT2D eigenvalue weighted by molar-refractivity contribution is 0.282. The second-order valence-corrected chi connectivity index (χ2v) is 5.24. The van der Waals surface area contributed by atoms with Crippen LogP contribution >= 0.6 is 0 Å². The number of aromatic nitrogens is 2. The SMILES string of the molecule is Cc1ccc(-c2nn(-c3ccccc3)cc2CO)cc1C. The highest BCUT2D eigenvalue weighted by atomic mass is 16.3. The summed E-state index contributed by atoms with van der Waals surface area (Å²) in [6.45, 7) is 4.16. The third-order valence-electron chi connectivity index (χ3n) is 3.76. The highest BCUT2D eigenvalue weighted by Gasteiger charge is 2.12. The molecule has 0 spiro atoms. The number of para-hydroxylation sites is 1. The molecule has 0 aliphatic rings. The Labute approximate surface area is 124 Å². The Morgan fingerprint density at radius 1 is 1.00 bits per heavy atom. The molecule has 1 heterocycles. The summed E-state index contributed by atoms with van der Waals surface area (Å²) in [7, 11) is 0. The number of aryl methyl sites for hydroxylation is 2. The molecule has 0 atom stereocenters. The second kappa shape index (κ2) is 5.54. The molecule has 2 aromatic carbocycles. The van der Waals surface area contributed by atoms with Crippen LogP contribution in [0.25, 0.3) is 16.9 Å². The normalized spacial score (nSPS) is 10.8. The van der Waals surface area contributed by atoms with Gasteiger partial charge in [0.15, 0.2) is 0 Å². The van der Waals surface area contributed by atoms with Gasteiger partial charge in [-0.15, -0.1) is 0 Å². The fourth-order valence-corrected chi connectivity index (χ4v) is 2.37. The molecule has 3 rings (SSSR count). The van der Waals surface area contributed by atoms with E-state index in [0.717, 1.165) is 22.5 Å². The van der Waals surface area contributed by atoms with Crippen molar-refractivity contribution in [3.63, 3.8) is 0 Å². The Balaban J connectivity index is 2.10. The predicted molar refractivity (Wildman–Crippen MR) is 84.4 cm³/mol. The molecule has 106 valence electrons. The van der Waals surface area contributed by atoms with Gasteiger partial charge in [-0.3, -0.25) is 0 Å². The van der Waals surface area contributed by atoms with Crippen molar-refractivity contribution in [2.75, 3.05) is 0 Å². The Morgan fingerprint density at radius 3 is 2.43 bits per heavy atom. The molecule has 0 bridgehead atoms. The first-order valence-corrected chi connectivity index (χ1v) is 7.01. The van der Waals surface area contributed by atoms with Crippen LogP contribution in [0.4, 0.5) is 0 Å². The van der Waals surface area contributed by atoms with E-state index in [1.165, 1.54) is 11.1 Å². The Bertz CT molecular complexity index is 760. The minimum Gasteiger partial charge on any atom is -0.392 e. The van der Waals surface area contributed by atoms with Gasteiger partial charge < -0.3 is 5.11 Å². The van der Waals surface area contributed by atoms with E-state index in [0.29, 0.717) is 0 Å². The summed E-state index contributed by atoms with van der Waals surface area (Å²) in [5, 5.41) is 14.3. The van der Waals surface area contributed by atoms with E-state index in [-0.39, 0.29) is 6.61 Å². The molecule has 0 radical (unpaired) electrons. The predicted octanol–water partition coefficient (Wildman–Crippen LogP) is 3.65. The largest absolute Gasteiger partial charge is 0.392 e. The monoisotopic (exact) mass is 278 g/mol. The molecule has 0 fully saturated rings. The third kappa shape index (κ3) is 2.60. The van der Waals surface area contributed by atoms with Gasteiger partial charge in [-0.05, 0) is 43.2 Å². The van der Waals surface area contributed by atoms with Crippen LogP contribution in [0.3, 0.4) is 0 Å². The van der Waals surface area contributed by atoms with E-state index in [9.17, 15) is 5.11 Å². The zero-order chi connectivity index (χ0) is 14.8. The van der Waals surface area contributed by atoms with Crippen molar-refractivity contribution in [1.82, 2.24) is 9.78 Å². The molecular weight excluding hydrogens is 260 g/mol. The fourth-order valence-electron chi connectivity index (χ4n) is 2.37. The number of rotatable bonds is 3. The van der Waals surface area contributed by atoms with Crippen LogP contribution < -0.4 is 0 Å². The Morgan fingerprint density at radius 2 is 1.76 bits per heavy atom. The van der Waals surface area contributed by atoms with Crippen molar-refractivity contribution in [2.45, 2.75) is 20.5 Å². The topological polar surface area (TPSA) is 38.0 Å². The number of aliphatic hydroxyl groups excluding tert-OH is 1. The van der Waals surface area contributed by atoms with E-state index < -0.39 is 0 Å². The van der Waals surface area contributed by atoms with E-state index in [1.54, 1.807) is 0 Å². The highest BCUT2D eigenvalue weighted by Crippen LogP contribution is 2.25. The molecule has 0 amide bonds. The van der Waals surface area contributed by atoms with Crippen molar-refractivity contribution in [3.8, 4) is 16.9 Å². The standard InChI is InChI=1S/C18H18N2O/c1-13-8-9-15(10-14(13)2)18-16(12-21)11-20(19-18)17-6-4-3-5-7-17/h3-11,21H,12H2,1-2H3. The van der Waals surface area contributed by atoms with Crippen molar-refractivity contribution < 1.29 is 5.11 Å². The zero-order valence-corrected chi connectivity index (χ0v) is 12.2. The molecular formula is C18H18N2O. The van der Waals surface area contributed by atoms with Gasteiger partial charge in [0.25, 0.3) is 0 Å². The minimum atomic E-state index is -0.0188. The van der Waals surface area contributed by atoms with Crippen molar-refractivity contribution in [3.05, 3.63) is 71.4 Å². The van der Waals surface area contributed by atoms with Gasteiger partial charge in [0.1, 0.15) is 0 Å². The van der Waals surface area contributed by atoms with Gasteiger partial charge in [0.2, 0.25) is 0 Å². The molecule has 21 heavy (non-hydrogen) atoms. The van der Waals surface area contributed by atoms with Crippen LogP contribution in [0.1, 0.15) is 16.7 Å². The van der Waals surface area contributed by atoms with Gasteiger partial charge in [0, 0.05) is 17.3 Å². The number of nitrogens with zero attached hydrogens (tertiary/aromatic N) is 2. The molecule has 3 aromatic rings. The molecule has 0 unspecified atom stereocenters. The first-order valence-electron chi connectivity index (χ1n) is 7.01. The van der Waals surface area contributed by atoms with E-state index >= 15 is 0 Å².